The van der Waals surface area contributed by atoms with Crippen molar-refractivity contribution in [3.8, 4) is 16.9 Å². The second kappa shape index (κ2) is 6.61. The first kappa shape index (κ1) is 15.7. The van der Waals surface area contributed by atoms with Gasteiger partial charge >= 0.3 is 0 Å². The van der Waals surface area contributed by atoms with Gasteiger partial charge in [0.15, 0.2) is 0 Å². The molecule has 24 heavy (non-hydrogen) atoms. The van der Waals surface area contributed by atoms with Crippen LogP contribution in [0.2, 0.25) is 5.02 Å². The number of halogens is 2. The minimum absolute atomic E-state index is 0.705. The normalized spacial score (nSPS) is 13.9. The summed E-state index contributed by atoms with van der Waals surface area (Å²) < 4.78 is 3.03. The highest BCUT2D eigenvalue weighted by Crippen LogP contribution is 2.35. The fraction of sp³-hybridized carbons (Fsp3) is 0.211. The first-order chi connectivity index (χ1) is 11.7. The van der Waals surface area contributed by atoms with Crippen LogP contribution >= 0.6 is 27.5 Å². The third-order valence-corrected chi connectivity index (χ3v) is 5.18. The summed E-state index contributed by atoms with van der Waals surface area (Å²) in [6.45, 7) is 0.961. The minimum atomic E-state index is 0.705. The number of nitrogens with zero attached hydrogens (tertiary/aromatic N) is 2. The molecule has 0 saturated carbocycles. The molecule has 0 aliphatic carbocycles. The molecular weight excluding hydrogens is 386 g/mol. The summed E-state index contributed by atoms with van der Waals surface area (Å²) in [4.78, 5) is 0. The van der Waals surface area contributed by atoms with Crippen LogP contribution in [0.4, 0.5) is 5.82 Å². The van der Waals surface area contributed by atoms with Crippen LogP contribution in [0.15, 0.2) is 53.0 Å². The maximum atomic E-state index is 6.42. The van der Waals surface area contributed by atoms with E-state index < -0.39 is 0 Å². The van der Waals surface area contributed by atoms with Crippen LogP contribution in [-0.2, 0) is 6.42 Å². The number of benzene rings is 2. The zero-order valence-corrected chi connectivity index (χ0v) is 15.4. The molecule has 0 bridgehead atoms. The number of para-hydroxylation sites is 1. The summed E-state index contributed by atoms with van der Waals surface area (Å²) in [6.07, 6.45) is 3.35. The van der Waals surface area contributed by atoms with Gasteiger partial charge in [-0.3, -0.25) is 0 Å². The van der Waals surface area contributed by atoms with Crippen molar-refractivity contribution >= 4 is 33.3 Å². The Labute approximate surface area is 154 Å². The van der Waals surface area contributed by atoms with E-state index in [1.807, 2.05) is 28.9 Å². The lowest BCUT2D eigenvalue weighted by Gasteiger charge is -2.10. The molecule has 1 aliphatic heterocycles. The molecule has 3 aromatic rings. The Morgan fingerprint density at radius 1 is 1.04 bits per heavy atom. The third-order valence-electron chi connectivity index (χ3n) is 4.33. The highest BCUT2D eigenvalue weighted by Gasteiger charge is 2.22. The van der Waals surface area contributed by atoms with Crippen LogP contribution in [0.25, 0.3) is 16.9 Å². The molecule has 3 nitrogen and oxygen atoms in total. The molecule has 0 saturated heterocycles. The molecular formula is C19H17BrClN3. The third kappa shape index (κ3) is 2.85. The Hall–Kier alpha value is -1.78. The lowest BCUT2D eigenvalue weighted by Crippen LogP contribution is -2.07. The van der Waals surface area contributed by atoms with E-state index in [9.17, 15) is 0 Å². The van der Waals surface area contributed by atoms with Crippen molar-refractivity contribution in [1.82, 2.24) is 9.78 Å². The summed E-state index contributed by atoms with van der Waals surface area (Å²) in [5, 5.41) is 9.18. The molecule has 122 valence electrons. The number of nitrogens with one attached hydrogen (secondary N) is 1. The van der Waals surface area contributed by atoms with Crippen molar-refractivity contribution in [2.75, 3.05) is 11.9 Å². The zero-order chi connectivity index (χ0) is 16.5. The molecule has 0 unspecified atom stereocenters. The molecule has 0 spiro atoms. The fourth-order valence-corrected chi connectivity index (χ4v) is 3.62. The smallest absolute Gasteiger partial charge is 0.133 e. The van der Waals surface area contributed by atoms with E-state index in [2.05, 4.69) is 45.5 Å². The number of fused-ring (bicyclic) bond motifs is 1. The summed E-state index contributed by atoms with van der Waals surface area (Å²) in [6, 6.07) is 16.2. The molecule has 0 radical (unpaired) electrons. The van der Waals surface area contributed by atoms with Gasteiger partial charge in [0.05, 0.1) is 16.4 Å². The van der Waals surface area contributed by atoms with Gasteiger partial charge in [-0.15, -0.1) is 0 Å². The van der Waals surface area contributed by atoms with Crippen molar-refractivity contribution in [2.45, 2.75) is 19.3 Å². The summed E-state index contributed by atoms with van der Waals surface area (Å²) >= 11 is 9.92. The van der Waals surface area contributed by atoms with Crippen molar-refractivity contribution in [2.24, 2.45) is 0 Å². The van der Waals surface area contributed by atoms with Crippen LogP contribution in [0.3, 0.4) is 0 Å². The standard InChI is InChI=1S/C19H17BrClN3/c20-14-10-8-13(9-11-14)18-15-5-3-4-12-22-19(15)24(23-18)17-7-2-1-6-16(17)21/h1-2,6-11,22H,3-5,12H2. The first-order valence-corrected chi connectivity index (χ1v) is 9.28. The van der Waals surface area contributed by atoms with E-state index in [4.69, 9.17) is 16.7 Å². The number of hydrogen-bond acceptors (Lipinski definition) is 2. The van der Waals surface area contributed by atoms with Gasteiger partial charge in [-0.1, -0.05) is 51.8 Å². The van der Waals surface area contributed by atoms with Crippen LogP contribution in [-0.4, -0.2) is 16.3 Å². The zero-order valence-electron chi connectivity index (χ0n) is 13.1. The average molecular weight is 403 g/mol. The van der Waals surface area contributed by atoms with Crippen molar-refractivity contribution < 1.29 is 0 Å². The van der Waals surface area contributed by atoms with Gasteiger partial charge in [0.25, 0.3) is 0 Å². The highest BCUT2D eigenvalue weighted by molar-refractivity contribution is 9.10. The average Bonchev–Trinajstić information content (AvgIpc) is 2.78. The van der Waals surface area contributed by atoms with Crippen molar-refractivity contribution in [3.63, 3.8) is 0 Å². The lowest BCUT2D eigenvalue weighted by molar-refractivity contribution is 0.780. The van der Waals surface area contributed by atoms with Crippen LogP contribution in [0, 0.1) is 0 Å². The molecule has 1 N–H and O–H groups in total. The predicted molar refractivity (Wildman–Crippen MR) is 103 cm³/mol. The maximum absolute atomic E-state index is 6.42. The van der Waals surface area contributed by atoms with Gasteiger partial charge in [-0.25, -0.2) is 4.68 Å². The molecule has 2 heterocycles. The Morgan fingerprint density at radius 2 is 1.83 bits per heavy atom. The molecule has 2 aromatic carbocycles. The van der Waals surface area contributed by atoms with Gasteiger partial charge in [0, 0.05) is 22.1 Å². The second-order valence-electron chi connectivity index (χ2n) is 5.93. The van der Waals surface area contributed by atoms with E-state index in [1.54, 1.807) is 0 Å². The van der Waals surface area contributed by atoms with E-state index >= 15 is 0 Å². The fourth-order valence-electron chi connectivity index (χ4n) is 3.14. The van der Waals surface area contributed by atoms with Crippen LogP contribution in [0.5, 0.6) is 0 Å². The van der Waals surface area contributed by atoms with Gasteiger partial charge < -0.3 is 5.32 Å². The number of aromatic nitrogens is 2. The van der Waals surface area contributed by atoms with Crippen molar-refractivity contribution in [3.05, 3.63) is 63.6 Å². The summed E-state index contributed by atoms with van der Waals surface area (Å²) in [7, 11) is 0. The SMILES string of the molecule is Clc1ccccc1-n1nc(-c2ccc(Br)cc2)c2c1NCCCC2. The Morgan fingerprint density at radius 3 is 2.62 bits per heavy atom. The predicted octanol–water partition coefficient (Wildman–Crippen LogP) is 5.70. The summed E-state index contributed by atoms with van der Waals surface area (Å²) in [5.74, 6) is 1.07. The Balaban J connectivity index is 1.92. The molecule has 5 heteroatoms. The van der Waals surface area contributed by atoms with Gasteiger partial charge in [0.2, 0.25) is 0 Å². The molecule has 1 aromatic heterocycles. The number of hydrogen-bond donors (Lipinski definition) is 1. The van der Waals surface area contributed by atoms with Gasteiger partial charge in [-0.2, -0.15) is 5.10 Å². The van der Waals surface area contributed by atoms with Crippen molar-refractivity contribution in [1.29, 1.82) is 0 Å². The molecule has 4 rings (SSSR count). The molecule has 0 atom stereocenters. The first-order valence-electron chi connectivity index (χ1n) is 8.10. The van der Waals surface area contributed by atoms with E-state index in [0.29, 0.717) is 5.02 Å². The maximum Gasteiger partial charge on any atom is 0.133 e. The number of anilines is 1. The Kier molecular flexibility index (Phi) is 4.33. The highest BCUT2D eigenvalue weighted by atomic mass is 79.9. The van der Waals surface area contributed by atoms with E-state index in [-0.39, 0.29) is 0 Å². The van der Waals surface area contributed by atoms with Crippen LogP contribution < -0.4 is 5.32 Å². The van der Waals surface area contributed by atoms with Crippen LogP contribution in [0.1, 0.15) is 18.4 Å². The molecule has 0 amide bonds. The largest absolute Gasteiger partial charge is 0.370 e. The quantitative estimate of drug-likeness (QED) is 0.595. The molecule has 0 fully saturated rings. The van der Waals surface area contributed by atoms with E-state index in [1.165, 1.54) is 5.56 Å². The second-order valence-corrected chi connectivity index (χ2v) is 7.25. The number of rotatable bonds is 2. The topological polar surface area (TPSA) is 29.9 Å². The Bertz CT molecular complexity index is 871. The lowest BCUT2D eigenvalue weighted by atomic mass is 10.0. The van der Waals surface area contributed by atoms with E-state index in [0.717, 1.165) is 53.0 Å². The minimum Gasteiger partial charge on any atom is -0.370 e. The van der Waals surface area contributed by atoms with Gasteiger partial charge in [-0.05, 0) is 43.5 Å². The van der Waals surface area contributed by atoms with Gasteiger partial charge in [0.1, 0.15) is 5.82 Å². The summed E-state index contributed by atoms with van der Waals surface area (Å²) in [5.41, 5.74) is 4.35. The molecule has 1 aliphatic rings. The monoisotopic (exact) mass is 401 g/mol.